The van der Waals surface area contributed by atoms with E-state index in [1.165, 1.54) is 20.8 Å². The second kappa shape index (κ2) is 13.6. The maximum absolute atomic E-state index is 12.5. The van der Waals surface area contributed by atoms with Crippen LogP contribution in [0.25, 0.3) is 0 Å². The third kappa shape index (κ3) is 7.84. The average molecular weight is 559 g/mol. The number of hydrogen-bond acceptors (Lipinski definition) is 6. The molecule has 0 heterocycles. The molecule has 0 bridgehead atoms. The topological polar surface area (TPSA) is 78.9 Å². The summed E-state index contributed by atoms with van der Waals surface area (Å²) in [4.78, 5) is 36.1. The van der Waals surface area contributed by atoms with E-state index in [0.717, 1.165) is 41.5 Å². The largest absolute Gasteiger partial charge is 0.426 e. The van der Waals surface area contributed by atoms with Gasteiger partial charge in [0.2, 0.25) is 0 Å². The van der Waals surface area contributed by atoms with Gasteiger partial charge in [-0.15, -0.1) is 0 Å². The molecule has 0 saturated carbocycles. The van der Waals surface area contributed by atoms with Crippen molar-refractivity contribution in [2.75, 3.05) is 0 Å². The van der Waals surface area contributed by atoms with Crippen molar-refractivity contribution in [1.29, 1.82) is 0 Å². The first-order valence-electron chi connectivity index (χ1n) is 14.3. The fourth-order valence-electron chi connectivity index (χ4n) is 5.70. The lowest BCUT2D eigenvalue weighted by atomic mass is 9.71. The lowest BCUT2D eigenvalue weighted by Crippen LogP contribution is -2.29. The van der Waals surface area contributed by atoms with Crippen molar-refractivity contribution in [2.24, 2.45) is 0 Å². The van der Waals surface area contributed by atoms with Crippen molar-refractivity contribution in [3.8, 4) is 17.2 Å². The third-order valence-electron chi connectivity index (χ3n) is 7.75. The van der Waals surface area contributed by atoms with E-state index in [0.29, 0.717) is 30.1 Å². The summed E-state index contributed by atoms with van der Waals surface area (Å²) in [5, 5.41) is 0. The van der Waals surface area contributed by atoms with Crippen LogP contribution in [-0.2, 0) is 38.1 Å². The van der Waals surface area contributed by atoms with Gasteiger partial charge in [-0.05, 0) is 48.9 Å². The minimum Gasteiger partial charge on any atom is -0.426 e. The van der Waals surface area contributed by atoms with E-state index >= 15 is 0 Å². The monoisotopic (exact) mass is 558 g/mol. The number of rotatable bonds is 12. The highest BCUT2D eigenvalue weighted by atomic mass is 16.5. The van der Waals surface area contributed by atoms with Crippen LogP contribution in [0.3, 0.4) is 0 Å². The second-order valence-corrected chi connectivity index (χ2v) is 11.3. The van der Waals surface area contributed by atoms with E-state index in [-0.39, 0.29) is 11.9 Å². The zero-order valence-corrected chi connectivity index (χ0v) is 25.3. The Labute approximate surface area is 244 Å². The number of carbonyl (C=O) groups is 3. The summed E-state index contributed by atoms with van der Waals surface area (Å²) >= 11 is 0. The highest BCUT2D eigenvalue weighted by Gasteiger charge is 2.35. The van der Waals surface area contributed by atoms with Crippen LogP contribution in [0.4, 0.5) is 0 Å². The van der Waals surface area contributed by atoms with Crippen LogP contribution in [-0.4, -0.2) is 17.9 Å². The molecule has 0 N–H and O–H groups in total. The first-order chi connectivity index (χ1) is 19.4. The lowest BCUT2D eigenvalue weighted by molar-refractivity contribution is -0.133. The lowest BCUT2D eigenvalue weighted by Gasteiger charge is -2.35. The Morgan fingerprint density at radius 1 is 0.610 bits per heavy atom. The Bertz CT molecular complexity index is 1390. The van der Waals surface area contributed by atoms with Gasteiger partial charge in [0.1, 0.15) is 17.2 Å². The van der Waals surface area contributed by atoms with E-state index in [1.54, 1.807) is 6.07 Å². The van der Waals surface area contributed by atoms with Crippen molar-refractivity contribution >= 4 is 17.9 Å². The van der Waals surface area contributed by atoms with Crippen molar-refractivity contribution in [3.63, 3.8) is 0 Å². The molecule has 6 heteroatoms. The van der Waals surface area contributed by atoms with Crippen molar-refractivity contribution in [3.05, 3.63) is 89.0 Å². The fraction of sp³-hybridized carbons (Fsp3) is 0.400. The number of ether oxygens (including phenoxy) is 3. The van der Waals surface area contributed by atoms with Crippen LogP contribution in [0.2, 0.25) is 0 Å². The number of para-hydroxylation sites is 3. The summed E-state index contributed by atoms with van der Waals surface area (Å²) in [5.74, 6) is 0.496. The van der Waals surface area contributed by atoms with Gasteiger partial charge in [0.05, 0.1) is 0 Å². The Balaban J connectivity index is 2.16. The molecule has 0 saturated heterocycles. The quantitative estimate of drug-likeness (QED) is 0.168. The Morgan fingerprint density at radius 2 is 1.12 bits per heavy atom. The normalized spacial score (nSPS) is 13.9. The minimum atomic E-state index is -0.427. The van der Waals surface area contributed by atoms with E-state index in [1.807, 2.05) is 60.7 Å². The number of benzene rings is 3. The highest BCUT2D eigenvalue weighted by molar-refractivity contribution is 5.72. The standard InChI is InChI=1S/C35H42O6/c1-8-21-35(7,22-27-15-10-12-19-31(27)39-24(3)36)30-18-14-16-28(33(30)41-26(5)38)23-34(6,9-2)29-17-11-13-20-32(29)40-25(4)37/h10-20H,8-9,21-23H2,1-7H3/t34?,35-/m1/s1. The molecule has 0 aromatic heterocycles. The maximum Gasteiger partial charge on any atom is 0.308 e. The van der Waals surface area contributed by atoms with Crippen LogP contribution < -0.4 is 14.2 Å². The predicted molar refractivity (Wildman–Crippen MR) is 161 cm³/mol. The number of esters is 3. The third-order valence-corrected chi connectivity index (χ3v) is 7.75. The summed E-state index contributed by atoms with van der Waals surface area (Å²) < 4.78 is 17.1. The molecule has 6 nitrogen and oxygen atoms in total. The molecule has 3 aromatic carbocycles. The van der Waals surface area contributed by atoms with Crippen molar-refractivity contribution in [2.45, 2.75) is 91.4 Å². The van der Waals surface area contributed by atoms with E-state index in [2.05, 4.69) is 27.7 Å². The van der Waals surface area contributed by atoms with Crippen LogP contribution in [0.15, 0.2) is 66.7 Å². The average Bonchev–Trinajstić information content (AvgIpc) is 2.90. The predicted octanol–water partition coefficient (Wildman–Crippen LogP) is 7.67. The highest BCUT2D eigenvalue weighted by Crippen LogP contribution is 2.45. The molecule has 218 valence electrons. The van der Waals surface area contributed by atoms with Crippen molar-refractivity contribution in [1.82, 2.24) is 0 Å². The molecular weight excluding hydrogens is 516 g/mol. The molecule has 0 radical (unpaired) electrons. The molecule has 0 aliphatic carbocycles. The zero-order chi connectivity index (χ0) is 30.2. The van der Waals surface area contributed by atoms with Gasteiger partial charge in [0.25, 0.3) is 0 Å². The summed E-state index contributed by atoms with van der Waals surface area (Å²) in [7, 11) is 0. The van der Waals surface area contributed by atoms with Crippen LogP contribution >= 0.6 is 0 Å². The van der Waals surface area contributed by atoms with Gasteiger partial charge in [-0.3, -0.25) is 14.4 Å². The first kappa shape index (κ1) is 31.6. The zero-order valence-electron chi connectivity index (χ0n) is 25.3. The Morgan fingerprint density at radius 3 is 1.73 bits per heavy atom. The van der Waals surface area contributed by atoms with Gasteiger partial charge in [0.15, 0.2) is 0 Å². The molecule has 3 rings (SSSR count). The van der Waals surface area contributed by atoms with Crippen LogP contribution in [0, 0.1) is 0 Å². The molecule has 0 amide bonds. The smallest absolute Gasteiger partial charge is 0.308 e. The summed E-state index contributed by atoms with van der Waals surface area (Å²) in [6, 6.07) is 21.2. The molecule has 3 aromatic rings. The Hall–Kier alpha value is -3.93. The molecular formula is C35H42O6. The molecule has 41 heavy (non-hydrogen) atoms. The Kier molecular flexibility index (Phi) is 10.5. The molecule has 2 atom stereocenters. The van der Waals surface area contributed by atoms with E-state index in [9.17, 15) is 14.4 Å². The van der Waals surface area contributed by atoms with Gasteiger partial charge in [-0.1, -0.05) is 88.7 Å². The molecule has 0 aliphatic heterocycles. The van der Waals surface area contributed by atoms with Gasteiger partial charge in [-0.25, -0.2) is 0 Å². The van der Waals surface area contributed by atoms with Crippen molar-refractivity contribution < 1.29 is 28.6 Å². The van der Waals surface area contributed by atoms with Gasteiger partial charge in [-0.2, -0.15) is 0 Å². The van der Waals surface area contributed by atoms with Gasteiger partial charge >= 0.3 is 17.9 Å². The molecule has 0 spiro atoms. The maximum atomic E-state index is 12.5. The van der Waals surface area contributed by atoms with Gasteiger partial charge in [0, 0.05) is 42.7 Å². The molecule has 0 fully saturated rings. The molecule has 1 unspecified atom stereocenters. The minimum absolute atomic E-state index is 0.370. The summed E-state index contributed by atoms with van der Waals surface area (Å²) in [6.45, 7) is 12.8. The fourth-order valence-corrected chi connectivity index (χ4v) is 5.70. The summed E-state index contributed by atoms with van der Waals surface area (Å²) in [5.41, 5.74) is 2.81. The first-order valence-corrected chi connectivity index (χ1v) is 14.3. The number of carbonyl (C=O) groups excluding carboxylic acids is 3. The SMILES string of the molecule is CCC[C@](C)(Cc1ccccc1OC(C)=O)c1cccc(CC(C)(CC)c2ccccc2OC(C)=O)c1OC(C)=O. The van der Waals surface area contributed by atoms with E-state index in [4.69, 9.17) is 14.2 Å². The van der Waals surface area contributed by atoms with Crippen LogP contribution in [0.1, 0.15) is 90.0 Å². The molecule has 0 aliphatic rings. The van der Waals surface area contributed by atoms with E-state index < -0.39 is 16.8 Å². The van der Waals surface area contributed by atoms with Crippen LogP contribution in [0.5, 0.6) is 17.2 Å². The second-order valence-electron chi connectivity index (χ2n) is 11.3. The van der Waals surface area contributed by atoms with Gasteiger partial charge < -0.3 is 14.2 Å². The number of hydrogen-bond donors (Lipinski definition) is 0. The summed E-state index contributed by atoms with van der Waals surface area (Å²) in [6.07, 6.45) is 3.63.